The van der Waals surface area contributed by atoms with E-state index in [0.717, 1.165) is 14.2 Å². The molecule has 2 aromatic heterocycles. The van der Waals surface area contributed by atoms with E-state index in [1.165, 1.54) is 11.3 Å². The summed E-state index contributed by atoms with van der Waals surface area (Å²) in [5, 5.41) is 0.685. The van der Waals surface area contributed by atoms with E-state index >= 15 is 0 Å². The summed E-state index contributed by atoms with van der Waals surface area (Å²) in [5.74, 6) is 0. The van der Waals surface area contributed by atoms with E-state index in [4.69, 9.17) is 21.8 Å². The van der Waals surface area contributed by atoms with E-state index in [1.807, 2.05) is 12.1 Å². The van der Waals surface area contributed by atoms with Crippen molar-refractivity contribution in [2.45, 2.75) is 6.04 Å². The average molecular weight is 371 g/mol. The van der Waals surface area contributed by atoms with Crippen LogP contribution in [0, 0.1) is 0 Å². The lowest BCUT2D eigenvalue weighted by Crippen LogP contribution is -2.09. The van der Waals surface area contributed by atoms with Gasteiger partial charge in [0.1, 0.15) is 0 Å². The largest absolute Gasteiger partial charge is 0.457 e. The van der Waals surface area contributed by atoms with Gasteiger partial charge in [0.25, 0.3) is 0 Å². The maximum atomic E-state index is 6.08. The van der Waals surface area contributed by atoms with Gasteiger partial charge in [-0.3, -0.25) is 0 Å². The molecule has 0 spiro atoms. The molecule has 2 N–H and O–H groups in total. The molecule has 0 aliphatic rings. The molecule has 2 nitrogen and oxygen atoms in total. The van der Waals surface area contributed by atoms with Crippen LogP contribution in [-0.4, -0.2) is 0 Å². The lowest BCUT2D eigenvalue weighted by molar-refractivity contribution is 0.535. The zero-order valence-electron chi connectivity index (χ0n) is 7.34. The van der Waals surface area contributed by atoms with Gasteiger partial charge in [-0.1, -0.05) is 11.6 Å². The lowest BCUT2D eigenvalue weighted by Gasteiger charge is -2.06. The first-order valence-corrected chi connectivity index (χ1v) is 6.81. The molecule has 1 atom stereocenters. The molecule has 0 saturated carbocycles. The van der Waals surface area contributed by atoms with Crippen molar-refractivity contribution in [1.29, 1.82) is 0 Å². The van der Waals surface area contributed by atoms with Crippen LogP contribution in [-0.2, 0) is 0 Å². The van der Waals surface area contributed by atoms with Crippen molar-refractivity contribution in [3.63, 3.8) is 0 Å². The van der Waals surface area contributed by atoms with Crippen LogP contribution in [0.5, 0.6) is 0 Å². The Bertz CT molecular complexity index is 463. The van der Waals surface area contributed by atoms with Crippen LogP contribution in [0.2, 0.25) is 5.02 Å². The summed E-state index contributed by atoms with van der Waals surface area (Å²) in [7, 11) is 0. The van der Waals surface area contributed by atoms with Gasteiger partial charge in [-0.25, -0.2) is 0 Å². The normalized spacial score (nSPS) is 13.1. The van der Waals surface area contributed by atoms with Gasteiger partial charge in [0.15, 0.2) is 4.67 Å². The van der Waals surface area contributed by atoms with Gasteiger partial charge in [0.2, 0.25) is 0 Å². The Kier molecular flexibility index (Phi) is 3.57. The number of furan rings is 1. The first-order chi connectivity index (χ1) is 7.09. The number of thiophene rings is 1. The Morgan fingerprint density at radius 1 is 1.47 bits per heavy atom. The number of hydrogen-bond donors (Lipinski definition) is 1. The van der Waals surface area contributed by atoms with Crippen molar-refractivity contribution in [3.8, 4) is 0 Å². The third-order valence-corrected chi connectivity index (χ3v) is 5.15. The van der Waals surface area contributed by atoms with E-state index in [0.29, 0.717) is 9.69 Å². The van der Waals surface area contributed by atoms with E-state index in [-0.39, 0.29) is 6.04 Å². The fourth-order valence-corrected chi connectivity index (χ4v) is 3.45. The highest BCUT2D eigenvalue weighted by atomic mass is 79.9. The highest BCUT2D eigenvalue weighted by Gasteiger charge is 2.17. The van der Waals surface area contributed by atoms with Crippen LogP contribution in [0.15, 0.2) is 31.3 Å². The van der Waals surface area contributed by atoms with Crippen LogP contribution in [0.1, 0.15) is 16.5 Å². The Hall–Kier alpha value is 0.190. The SMILES string of the molecule is NC(c1cc(Cl)c(Br)s1)c1ccoc1Br. The third kappa shape index (κ3) is 2.31. The van der Waals surface area contributed by atoms with Crippen molar-refractivity contribution >= 4 is 54.8 Å². The average Bonchev–Trinajstić information content (AvgIpc) is 2.74. The molecule has 6 heteroatoms. The summed E-state index contributed by atoms with van der Waals surface area (Å²) in [4.78, 5) is 0.994. The number of hydrogen-bond acceptors (Lipinski definition) is 3. The molecule has 0 saturated heterocycles. The lowest BCUT2D eigenvalue weighted by atomic mass is 10.1. The minimum atomic E-state index is -0.216. The first-order valence-electron chi connectivity index (χ1n) is 4.03. The highest BCUT2D eigenvalue weighted by molar-refractivity contribution is 9.11. The molecular weight excluding hydrogens is 365 g/mol. The fourth-order valence-electron chi connectivity index (χ4n) is 1.20. The summed E-state index contributed by atoms with van der Waals surface area (Å²) in [6.07, 6.45) is 1.60. The summed E-state index contributed by atoms with van der Waals surface area (Å²) in [5.41, 5.74) is 7.00. The highest BCUT2D eigenvalue weighted by Crippen LogP contribution is 2.38. The Morgan fingerprint density at radius 2 is 2.20 bits per heavy atom. The zero-order chi connectivity index (χ0) is 11.0. The maximum absolute atomic E-state index is 6.08. The summed E-state index contributed by atoms with van der Waals surface area (Å²) >= 11 is 14.1. The van der Waals surface area contributed by atoms with Crippen LogP contribution in [0.4, 0.5) is 0 Å². The van der Waals surface area contributed by atoms with Gasteiger partial charge < -0.3 is 10.2 Å². The monoisotopic (exact) mass is 369 g/mol. The molecule has 15 heavy (non-hydrogen) atoms. The van der Waals surface area contributed by atoms with Crippen molar-refractivity contribution in [2.24, 2.45) is 5.73 Å². The molecule has 0 radical (unpaired) electrons. The van der Waals surface area contributed by atoms with E-state index < -0.39 is 0 Å². The molecule has 80 valence electrons. The molecule has 0 aliphatic carbocycles. The molecule has 0 aliphatic heterocycles. The van der Waals surface area contributed by atoms with E-state index in [2.05, 4.69) is 31.9 Å². The second kappa shape index (κ2) is 4.59. The molecule has 0 fully saturated rings. The molecule has 2 rings (SSSR count). The number of nitrogens with two attached hydrogens (primary N) is 1. The standard InChI is InChI=1S/C9H6Br2ClNOS/c10-8-4(1-2-14-8)7(13)6-3-5(12)9(11)15-6/h1-3,7H,13H2. The summed E-state index contributed by atoms with van der Waals surface area (Å²) < 4.78 is 6.70. The van der Waals surface area contributed by atoms with Gasteiger partial charge in [-0.15, -0.1) is 11.3 Å². The fraction of sp³-hybridized carbons (Fsp3) is 0.111. The summed E-state index contributed by atoms with van der Waals surface area (Å²) in [6.45, 7) is 0. The van der Waals surface area contributed by atoms with Crippen LogP contribution in [0.3, 0.4) is 0 Å². The minimum absolute atomic E-state index is 0.216. The summed E-state index contributed by atoms with van der Waals surface area (Å²) in [6, 6.07) is 3.49. The Labute approximate surface area is 113 Å². The third-order valence-electron chi connectivity index (χ3n) is 1.95. The Morgan fingerprint density at radius 3 is 2.67 bits per heavy atom. The van der Waals surface area contributed by atoms with Crippen LogP contribution in [0.25, 0.3) is 0 Å². The molecule has 0 amide bonds. The van der Waals surface area contributed by atoms with Crippen LogP contribution < -0.4 is 5.73 Å². The second-order valence-corrected chi connectivity index (χ2v) is 6.43. The molecule has 1 unspecified atom stereocenters. The number of halogens is 3. The zero-order valence-corrected chi connectivity index (χ0v) is 12.1. The molecular formula is C9H6Br2ClNOS. The van der Waals surface area contributed by atoms with Gasteiger partial charge in [0.05, 0.1) is 21.1 Å². The predicted molar refractivity (Wildman–Crippen MR) is 69.5 cm³/mol. The topological polar surface area (TPSA) is 39.2 Å². The second-order valence-electron chi connectivity index (χ2n) is 2.90. The predicted octanol–water partition coefficient (Wildman–Crippen LogP) is 4.57. The van der Waals surface area contributed by atoms with Gasteiger partial charge >= 0.3 is 0 Å². The molecule has 0 aromatic carbocycles. The van der Waals surface area contributed by atoms with Crippen LogP contribution >= 0.6 is 54.8 Å². The smallest absolute Gasteiger partial charge is 0.174 e. The Balaban J connectivity index is 2.36. The van der Waals surface area contributed by atoms with Crippen molar-refractivity contribution in [1.82, 2.24) is 0 Å². The molecule has 2 aromatic rings. The van der Waals surface area contributed by atoms with E-state index in [9.17, 15) is 0 Å². The van der Waals surface area contributed by atoms with Gasteiger partial charge in [-0.2, -0.15) is 0 Å². The quantitative estimate of drug-likeness (QED) is 0.840. The molecule has 0 bridgehead atoms. The van der Waals surface area contributed by atoms with Crippen molar-refractivity contribution in [3.05, 3.63) is 42.3 Å². The van der Waals surface area contributed by atoms with Gasteiger partial charge in [-0.05, 0) is 44.0 Å². The van der Waals surface area contributed by atoms with E-state index in [1.54, 1.807) is 6.26 Å². The van der Waals surface area contributed by atoms with Crippen molar-refractivity contribution < 1.29 is 4.42 Å². The molecule has 2 heterocycles. The van der Waals surface area contributed by atoms with Gasteiger partial charge in [0, 0.05) is 10.4 Å². The number of rotatable bonds is 2. The maximum Gasteiger partial charge on any atom is 0.174 e. The minimum Gasteiger partial charge on any atom is -0.457 e. The van der Waals surface area contributed by atoms with Crippen molar-refractivity contribution in [2.75, 3.05) is 0 Å². The first kappa shape index (κ1) is 11.7.